The summed E-state index contributed by atoms with van der Waals surface area (Å²) in [7, 11) is 0. The van der Waals surface area contributed by atoms with Gasteiger partial charge in [0.25, 0.3) is 5.89 Å². The molecule has 0 aliphatic heterocycles. The first kappa shape index (κ1) is 11.1. The van der Waals surface area contributed by atoms with Gasteiger partial charge in [-0.25, -0.2) is 0 Å². The minimum absolute atomic E-state index is 0.195. The average Bonchev–Trinajstić information content (AvgIpc) is 2.79. The minimum atomic E-state index is 0.195. The van der Waals surface area contributed by atoms with E-state index in [0.717, 1.165) is 5.69 Å². The van der Waals surface area contributed by atoms with Gasteiger partial charge in [-0.05, 0) is 25.1 Å². The van der Waals surface area contributed by atoms with Crippen LogP contribution in [0.15, 0.2) is 46.9 Å². The Kier molecular flexibility index (Phi) is 3.30. The molecule has 2 rings (SSSR count). The molecular formula is C12H12N4O. The van der Waals surface area contributed by atoms with Crippen LogP contribution < -0.4 is 5.32 Å². The Balaban J connectivity index is 2.11. The summed E-state index contributed by atoms with van der Waals surface area (Å²) < 4.78 is 5.29. The molecule has 0 unspecified atom stereocenters. The molecule has 2 aromatic rings. The Morgan fingerprint density at radius 1 is 1.29 bits per heavy atom. The maximum absolute atomic E-state index is 7.61. The van der Waals surface area contributed by atoms with E-state index < -0.39 is 0 Å². The Labute approximate surface area is 98.7 Å². The third-order valence-corrected chi connectivity index (χ3v) is 2.01. The van der Waals surface area contributed by atoms with Gasteiger partial charge in [-0.2, -0.15) is 0 Å². The first-order chi connectivity index (χ1) is 8.29. The minimum Gasteiger partial charge on any atom is -0.401 e. The average molecular weight is 228 g/mol. The van der Waals surface area contributed by atoms with Gasteiger partial charge in [0.2, 0.25) is 0 Å². The second-order valence-electron chi connectivity index (χ2n) is 3.32. The molecule has 0 saturated heterocycles. The van der Waals surface area contributed by atoms with Crippen LogP contribution in [-0.2, 0) is 0 Å². The zero-order valence-corrected chi connectivity index (χ0v) is 9.34. The number of hydrogen-bond donors (Lipinski definition) is 2. The number of allylic oxidation sites excluding steroid dienone is 2. The summed E-state index contributed by atoms with van der Waals surface area (Å²) in [6, 6.07) is 9.79. The van der Waals surface area contributed by atoms with Gasteiger partial charge >= 0.3 is 6.01 Å². The lowest BCUT2D eigenvalue weighted by Gasteiger charge is -1.98. The summed E-state index contributed by atoms with van der Waals surface area (Å²) in [6.45, 7) is 1.83. The monoisotopic (exact) mass is 228 g/mol. The smallest absolute Gasteiger partial charge is 0.320 e. The van der Waals surface area contributed by atoms with Crippen molar-refractivity contribution >= 4 is 17.4 Å². The Bertz CT molecular complexity index is 530. The fourth-order valence-corrected chi connectivity index (χ4v) is 1.27. The summed E-state index contributed by atoms with van der Waals surface area (Å²) in [5.74, 6) is 0.196. The maximum atomic E-state index is 7.61. The van der Waals surface area contributed by atoms with E-state index in [1.807, 2.05) is 37.3 Å². The zero-order chi connectivity index (χ0) is 12.1. The molecule has 86 valence electrons. The van der Waals surface area contributed by atoms with Crippen LogP contribution in [0.4, 0.5) is 11.7 Å². The normalized spacial score (nSPS) is 10.6. The molecule has 0 bridgehead atoms. The first-order valence-corrected chi connectivity index (χ1v) is 5.17. The molecule has 0 aliphatic carbocycles. The van der Waals surface area contributed by atoms with Gasteiger partial charge in [0, 0.05) is 5.69 Å². The number of benzene rings is 1. The van der Waals surface area contributed by atoms with Crippen LogP contribution in [-0.4, -0.2) is 15.9 Å². The van der Waals surface area contributed by atoms with E-state index in [2.05, 4.69) is 15.5 Å². The summed E-state index contributed by atoms with van der Waals surface area (Å²) in [4.78, 5) is 0. The lowest BCUT2D eigenvalue weighted by molar-refractivity contribution is 0.561. The lowest BCUT2D eigenvalue weighted by atomic mass is 10.3. The standard InChI is InChI=1S/C12H12N4O/c1-2-6-10(13)11-15-16-12(17-11)14-9-7-4-3-5-8-9/h2-8,13H,1H3,(H,14,16). The molecule has 0 amide bonds. The first-order valence-electron chi connectivity index (χ1n) is 5.17. The van der Waals surface area contributed by atoms with Crippen molar-refractivity contribution < 1.29 is 4.42 Å². The molecule has 17 heavy (non-hydrogen) atoms. The molecule has 1 aromatic heterocycles. The summed E-state index contributed by atoms with van der Waals surface area (Å²) in [5.41, 5.74) is 1.06. The number of anilines is 2. The van der Waals surface area contributed by atoms with E-state index in [9.17, 15) is 0 Å². The Morgan fingerprint density at radius 3 is 2.76 bits per heavy atom. The molecule has 0 radical (unpaired) electrons. The number of hydrogen-bond acceptors (Lipinski definition) is 5. The zero-order valence-electron chi connectivity index (χ0n) is 9.34. The number of para-hydroxylation sites is 1. The molecule has 5 nitrogen and oxygen atoms in total. The topological polar surface area (TPSA) is 74.8 Å². The SMILES string of the molecule is CC=CC(=N)c1nnc(Nc2ccccc2)o1. The van der Waals surface area contributed by atoms with Crippen molar-refractivity contribution in [3.8, 4) is 0 Å². The second-order valence-corrected chi connectivity index (χ2v) is 3.32. The van der Waals surface area contributed by atoms with E-state index in [-0.39, 0.29) is 17.6 Å². The fraction of sp³-hybridized carbons (Fsp3) is 0.0833. The van der Waals surface area contributed by atoms with E-state index in [0.29, 0.717) is 0 Å². The van der Waals surface area contributed by atoms with Gasteiger partial charge in [-0.1, -0.05) is 29.4 Å². The van der Waals surface area contributed by atoms with Crippen LogP contribution >= 0.6 is 0 Å². The highest BCUT2D eigenvalue weighted by molar-refractivity contribution is 6.02. The van der Waals surface area contributed by atoms with Gasteiger partial charge in [-0.3, -0.25) is 5.41 Å². The Morgan fingerprint density at radius 2 is 2.06 bits per heavy atom. The maximum Gasteiger partial charge on any atom is 0.320 e. The number of nitrogens with zero attached hydrogens (tertiary/aromatic N) is 2. The van der Waals surface area contributed by atoms with Crippen molar-refractivity contribution in [3.05, 3.63) is 48.4 Å². The van der Waals surface area contributed by atoms with Gasteiger partial charge in [-0.15, -0.1) is 5.10 Å². The summed E-state index contributed by atoms with van der Waals surface area (Å²) >= 11 is 0. The van der Waals surface area contributed by atoms with Crippen molar-refractivity contribution in [1.29, 1.82) is 5.41 Å². The number of nitrogens with one attached hydrogen (secondary N) is 2. The third-order valence-electron chi connectivity index (χ3n) is 2.01. The molecule has 0 fully saturated rings. The highest BCUT2D eigenvalue weighted by Crippen LogP contribution is 2.14. The van der Waals surface area contributed by atoms with Gasteiger partial charge in [0.1, 0.15) is 5.71 Å². The van der Waals surface area contributed by atoms with Crippen molar-refractivity contribution in [2.45, 2.75) is 6.92 Å². The molecule has 0 saturated carbocycles. The molecular weight excluding hydrogens is 216 g/mol. The summed E-state index contributed by atoms with van der Waals surface area (Å²) in [5, 5.41) is 18.2. The van der Waals surface area contributed by atoms with Crippen molar-refractivity contribution in [2.24, 2.45) is 0 Å². The number of aromatic nitrogens is 2. The van der Waals surface area contributed by atoms with E-state index in [1.165, 1.54) is 0 Å². The molecule has 0 atom stereocenters. The third kappa shape index (κ3) is 2.78. The largest absolute Gasteiger partial charge is 0.401 e. The summed E-state index contributed by atoms with van der Waals surface area (Å²) in [6.07, 6.45) is 3.34. The van der Waals surface area contributed by atoms with Crippen LogP contribution in [0.25, 0.3) is 0 Å². The van der Waals surface area contributed by atoms with E-state index in [1.54, 1.807) is 12.2 Å². The van der Waals surface area contributed by atoms with E-state index in [4.69, 9.17) is 9.83 Å². The lowest BCUT2D eigenvalue weighted by Crippen LogP contribution is -1.93. The van der Waals surface area contributed by atoms with Crippen LogP contribution in [0.5, 0.6) is 0 Å². The highest BCUT2D eigenvalue weighted by atomic mass is 16.4. The predicted molar refractivity (Wildman–Crippen MR) is 65.7 cm³/mol. The highest BCUT2D eigenvalue weighted by Gasteiger charge is 2.08. The molecule has 1 heterocycles. The van der Waals surface area contributed by atoms with Crippen molar-refractivity contribution in [1.82, 2.24) is 10.2 Å². The molecule has 1 aromatic carbocycles. The quantitative estimate of drug-likeness (QED) is 0.789. The molecule has 5 heteroatoms. The molecule has 0 spiro atoms. The molecule has 0 aliphatic rings. The van der Waals surface area contributed by atoms with Crippen LogP contribution in [0, 0.1) is 5.41 Å². The van der Waals surface area contributed by atoms with Gasteiger partial charge in [0.05, 0.1) is 0 Å². The Hall–Kier alpha value is -2.43. The van der Waals surface area contributed by atoms with Crippen LogP contribution in [0.3, 0.4) is 0 Å². The van der Waals surface area contributed by atoms with Crippen molar-refractivity contribution in [3.63, 3.8) is 0 Å². The van der Waals surface area contributed by atoms with Crippen molar-refractivity contribution in [2.75, 3.05) is 5.32 Å². The van der Waals surface area contributed by atoms with Gasteiger partial charge < -0.3 is 9.73 Å². The molecule has 2 N–H and O–H groups in total. The van der Waals surface area contributed by atoms with E-state index >= 15 is 0 Å². The predicted octanol–water partition coefficient (Wildman–Crippen LogP) is 2.76. The van der Waals surface area contributed by atoms with Crippen LogP contribution in [0.2, 0.25) is 0 Å². The fourth-order valence-electron chi connectivity index (χ4n) is 1.27. The van der Waals surface area contributed by atoms with Crippen LogP contribution in [0.1, 0.15) is 12.8 Å². The second kappa shape index (κ2) is 5.07. The van der Waals surface area contributed by atoms with Gasteiger partial charge in [0.15, 0.2) is 0 Å². The number of rotatable bonds is 4.